The van der Waals surface area contributed by atoms with Crippen molar-refractivity contribution in [3.05, 3.63) is 29.8 Å². The van der Waals surface area contributed by atoms with Crippen molar-refractivity contribution in [2.75, 3.05) is 13.1 Å². The second-order valence-corrected chi connectivity index (χ2v) is 9.24. The van der Waals surface area contributed by atoms with Crippen molar-refractivity contribution in [1.29, 1.82) is 0 Å². The Morgan fingerprint density at radius 2 is 1.75 bits per heavy atom. The molecule has 0 atom stereocenters. The molecule has 5 nitrogen and oxygen atoms in total. The van der Waals surface area contributed by atoms with E-state index in [9.17, 15) is 13.2 Å². The van der Waals surface area contributed by atoms with Crippen LogP contribution in [0.5, 0.6) is 0 Å². The summed E-state index contributed by atoms with van der Waals surface area (Å²) in [6, 6.07) is 6.23. The fourth-order valence-corrected chi connectivity index (χ4v) is 4.09. The maximum Gasteiger partial charge on any atom is 0.251 e. The van der Waals surface area contributed by atoms with Crippen molar-refractivity contribution in [2.24, 2.45) is 5.92 Å². The van der Waals surface area contributed by atoms with Crippen LogP contribution in [0.25, 0.3) is 0 Å². The highest BCUT2D eigenvalue weighted by Gasteiger charge is 2.28. The van der Waals surface area contributed by atoms with E-state index in [1.807, 2.05) is 20.8 Å². The summed E-state index contributed by atoms with van der Waals surface area (Å²) in [5.74, 6) is 0.391. The van der Waals surface area contributed by atoms with Gasteiger partial charge in [0.05, 0.1) is 4.90 Å². The van der Waals surface area contributed by atoms with Gasteiger partial charge in [0.15, 0.2) is 0 Å². The second-order valence-electron chi connectivity index (χ2n) is 7.30. The van der Waals surface area contributed by atoms with E-state index in [0.29, 0.717) is 24.6 Å². The van der Waals surface area contributed by atoms with Crippen LogP contribution >= 0.6 is 0 Å². The largest absolute Gasteiger partial charge is 0.347 e. The van der Waals surface area contributed by atoms with Gasteiger partial charge in [-0.25, -0.2) is 8.42 Å². The van der Waals surface area contributed by atoms with Gasteiger partial charge in [0.2, 0.25) is 10.0 Å². The van der Waals surface area contributed by atoms with Gasteiger partial charge in [-0.1, -0.05) is 13.8 Å². The number of nitrogens with zero attached hydrogens (tertiary/aromatic N) is 1. The zero-order chi connectivity index (χ0) is 18.0. The van der Waals surface area contributed by atoms with Crippen LogP contribution in [-0.2, 0) is 10.0 Å². The number of piperidine rings is 1. The normalized spacial score (nSPS) is 17.7. The van der Waals surface area contributed by atoms with Gasteiger partial charge in [-0.3, -0.25) is 4.79 Å². The molecule has 1 saturated heterocycles. The predicted octanol–water partition coefficient (Wildman–Crippen LogP) is 3.03. The average molecular weight is 353 g/mol. The van der Waals surface area contributed by atoms with Gasteiger partial charge < -0.3 is 5.32 Å². The van der Waals surface area contributed by atoms with Gasteiger partial charge in [-0.05, 0) is 63.3 Å². The van der Waals surface area contributed by atoms with Gasteiger partial charge in [-0.15, -0.1) is 0 Å². The Kier molecular flexibility index (Phi) is 5.71. The van der Waals surface area contributed by atoms with E-state index in [0.717, 1.165) is 19.3 Å². The van der Waals surface area contributed by atoms with Gasteiger partial charge in [0.1, 0.15) is 0 Å². The lowest BCUT2D eigenvalue weighted by Gasteiger charge is -2.29. The lowest BCUT2D eigenvalue weighted by atomic mass is 10.0. The summed E-state index contributed by atoms with van der Waals surface area (Å²) in [7, 11) is -3.47. The number of benzene rings is 1. The van der Waals surface area contributed by atoms with E-state index in [1.165, 1.54) is 12.1 Å². The molecule has 0 aromatic heterocycles. The molecular weight excluding hydrogens is 324 g/mol. The summed E-state index contributed by atoms with van der Waals surface area (Å²) in [6.45, 7) is 9.21. The highest BCUT2D eigenvalue weighted by molar-refractivity contribution is 7.89. The van der Waals surface area contributed by atoms with E-state index < -0.39 is 10.0 Å². The third-order valence-electron chi connectivity index (χ3n) is 4.83. The first kappa shape index (κ1) is 18.9. The molecular formula is C18H28N2O3S. The molecule has 134 valence electrons. The lowest BCUT2D eigenvalue weighted by Crippen LogP contribution is -2.42. The Hall–Kier alpha value is -1.40. The third-order valence-corrected chi connectivity index (χ3v) is 6.75. The summed E-state index contributed by atoms with van der Waals surface area (Å²) in [4.78, 5) is 12.5. The molecule has 1 aliphatic heterocycles. The minimum atomic E-state index is -3.47. The summed E-state index contributed by atoms with van der Waals surface area (Å²) in [6.07, 6.45) is 2.61. The molecule has 0 spiro atoms. The molecule has 6 heteroatoms. The first-order chi connectivity index (χ1) is 11.2. The highest BCUT2D eigenvalue weighted by atomic mass is 32.2. The number of carbonyl (C=O) groups excluding carboxylic acids is 1. The zero-order valence-corrected chi connectivity index (χ0v) is 15.8. The predicted molar refractivity (Wildman–Crippen MR) is 95.4 cm³/mol. The molecule has 0 saturated carbocycles. The molecule has 0 aliphatic carbocycles. The van der Waals surface area contributed by atoms with E-state index in [2.05, 4.69) is 12.2 Å². The maximum atomic E-state index is 12.7. The van der Waals surface area contributed by atoms with Gasteiger partial charge in [-0.2, -0.15) is 4.31 Å². The molecule has 24 heavy (non-hydrogen) atoms. The topological polar surface area (TPSA) is 66.5 Å². The van der Waals surface area contributed by atoms with Crippen LogP contribution in [0.4, 0.5) is 0 Å². The molecule has 1 aromatic carbocycles. The van der Waals surface area contributed by atoms with Crippen LogP contribution in [-0.4, -0.2) is 37.3 Å². The van der Waals surface area contributed by atoms with Gasteiger partial charge in [0, 0.05) is 24.2 Å². The summed E-state index contributed by atoms with van der Waals surface area (Å²) in [5, 5.41) is 2.95. The number of hydrogen-bond donors (Lipinski definition) is 1. The SMILES string of the molecule is CCC(C)(C)NC(=O)c1ccc(S(=O)(=O)N2CCC(C)CC2)cc1. The number of rotatable bonds is 5. The Bertz CT molecular complexity index is 673. The first-order valence-corrected chi connectivity index (χ1v) is 10.0. The van der Waals surface area contributed by atoms with E-state index in [-0.39, 0.29) is 16.3 Å². The minimum absolute atomic E-state index is 0.183. The van der Waals surface area contributed by atoms with Crippen LogP contribution < -0.4 is 5.32 Å². The molecule has 0 radical (unpaired) electrons. The zero-order valence-electron chi connectivity index (χ0n) is 15.0. The van der Waals surface area contributed by atoms with Crippen LogP contribution in [0.15, 0.2) is 29.2 Å². The molecule has 2 rings (SSSR count). The minimum Gasteiger partial charge on any atom is -0.347 e. The van der Waals surface area contributed by atoms with Crippen molar-refractivity contribution in [1.82, 2.24) is 9.62 Å². The standard InChI is InChI=1S/C18H28N2O3S/c1-5-18(3,4)19-17(21)15-6-8-16(9-7-15)24(22,23)20-12-10-14(2)11-13-20/h6-9,14H,5,10-13H2,1-4H3,(H,19,21). The molecule has 1 fully saturated rings. The number of hydrogen-bond acceptors (Lipinski definition) is 3. The molecule has 1 aromatic rings. The molecule has 1 amide bonds. The number of sulfonamides is 1. The van der Waals surface area contributed by atoms with E-state index >= 15 is 0 Å². The fourth-order valence-electron chi connectivity index (χ4n) is 2.62. The fraction of sp³-hybridized carbons (Fsp3) is 0.611. The second kappa shape index (κ2) is 7.23. The monoisotopic (exact) mass is 352 g/mol. The Labute approximate surface area is 145 Å². The first-order valence-electron chi connectivity index (χ1n) is 8.58. The molecule has 0 unspecified atom stereocenters. The van der Waals surface area contributed by atoms with Crippen molar-refractivity contribution >= 4 is 15.9 Å². The maximum absolute atomic E-state index is 12.7. The molecule has 1 aliphatic rings. The summed E-state index contributed by atoms with van der Waals surface area (Å²) < 4.78 is 26.9. The molecule has 0 bridgehead atoms. The summed E-state index contributed by atoms with van der Waals surface area (Å²) >= 11 is 0. The van der Waals surface area contributed by atoms with E-state index in [1.54, 1.807) is 16.4 Å². The van der Waals surface area contributed by atoms with Crippen LogP contribution in [0.3, 0.4) is 0 Å². The number of carbonyl (C=O) groups is 1. The van der Waals surface area contributed by atoms with Crippen molar-refractivity contribution < 1.29 is 13.2 Å². The molecule has 1 heterocycles. The smallest absolute Gasteiger partial charge is 0.251 e. The number of amides is 1. The van der Waals surface area contributed by atoms with Gasteiger partial charge >= 0.3 is 0 Å². The van der Waals surface area contributed by atoms with Crippen molar-refractivity contribution in [3.63, 3.8) is 0 Å². The average Bonchev–Trinajstić information content (AvgIpc) is 2.55. The van der Waals surface area contributed by atoms with Crippen molar-refractivity contribution in [3.8, 4) is 0 Å². The van der Waals surface area contributed by atoms with Crippen LogP contribution in [0.2, 0.25) is 0 Å². The Morgan fingerprint density at radius 3 is 2.25 bits per heavy atom. The van der Waals surface area contributed by atoms with E-state index in [4.69, 9.17) is 0 Å². The van der Waals surface area contributed by atoms with Crippen LogP contribution in [0, 0.1) is 5.92 Å². The van der Waals surface area contributed by atoms with Gasteiger partial charge in [0.25, 0.3) is 5.91 Å². The third kappa shape index (κ3) is 4.36. The lowest BCUT2D eigenvalue weighted by molar-refractivity contribution is 0.0911. The summed E-state index contributed by atoms with van der Waals surface area (Å²) in [5.41, 5.74) is 0.189. The molecule has 1 N–H and O–H groups in total. The Morgan fingerprint density at radius 1 is 1.21 bits per heavy atom. The van der Waals surface area contributed by atoms with Crippen molar-refractivity contribution in [2.45, 2.75) is 57.4 Å². The highest BCUT2D eigenvalue weighted by Crippen LogP contribution is 2.23. The number of nitrogens with one attached hydrogen (secondary N) is 1. The van der Waals surface area contributed by atoms with Crippen LogP contribution in [0.1, 0.15) is 57.3 Å². The quantitative estimate of drug-likeness (QED) is 0.886. The Balaban J connectivity index is 2.12.